The van der Waals surface area contributed by atoms with Crippen LogP contribution in [0.2, 0.25) is 0 Å². The number of ether oxygens (including phenoxy) is 1. The van der Waals surface area contributed by atoms with Gasteiger partial charge in [-0.15, -0.1) is 0 Å². The van der Waals surface area contributed by atoms with Crippen molar-refractivity contribution in [3.63, 3.8) is 0 Å². The van der Waals surface area contributed by atoms with Gasteiger partial charge in [0.25, 0.3) is 0 Å². The van der Waals surface area contributed by atoms with Crippen LogP contribution in [0.5, 0.6) is 11.6 Å². The van der Waals surface area contributed by atoms with Crippen LogP contribution in [0.3, 0.4) is 0 Å². The first-order chi connectivity index (χ1) is 8.58. The van der Waals surface area contributed by atoms with E-state index < -0.39 is 0 Å². The molecule has 0 aliphatic carbocycles. The van der Waals surface area contributed by atoms with Crippen molar-refractivity contribution in [2.45, 2.75) is 13.8 Å². The van der Waals surface area contributed by atoms with E-state index >= 15 is 0 Å². The molecular formula is C12H13FN4O. The number of nitrogen functional groups attached to an aromatic ring is 1. The fourth-order valence-corrected chi connectivity index (χ4v) is 1.46. The normalized spacial score (nSPS) is 10.2. The molecule has 6 heteroatoms. The molecule has 0 unspecified atom stereocenters. The lowest BCUT2D eigenvalue weighted by atomic mass is 10.2. The van der Waals surface area contributed by atoms with Crippen molar-refractivity contribution in [1.82, 2.24) is 9.97 Å². The summed E-state index contributed by atoms with van der Waals surface area (Å²) in [6, 6.07) is 6.15. The van der Waals surface area contributed by atoms with Gasteiger partial charge in [0.2, 0.25) is 11.8 Å². The molecule has 2 aromatic rings. The van der Waals surface area contributed by atoms with Crippen molar-refractivity contribution in [2.75, 3.05) is 5.43 Å². The number of nitrogens with one attached hydrogen (secondary N) is 1. The number of benzene rings is 1. The van der Waals surface area contributed by atoms with Crippen molar-refractivity contribution < 1.29 is 9.13 Å². The number of hydrogen-bond acceptors (Lipinski definition) is 5. The topological polar surface area (TPSA) is 73.1 Å². The Kier molecular flexibility index (Phi) is 3.38. The monoisotopic (exact) mass is 248 g/mol. The van der Waals surface area contributed by atoms with Gasteiger partial charge in [0.1, 0.15) is 11.6 Å². The summed E-state index contributed by atoms with van der Waals surface area (Å²) in [6.45, 7) is 3.46. The van der Waals surface area contributed by atoms with Gasteiger partial charge in [0.15, 0.2) is 0 Å². The molecule has 5 nitrogen and oxygen atoms in total. The summed E-state index contributed by atoms with van der Waals surface area (Å²) >= 11 is 0. The number of aromatic nitrogens is 2. The number of aryl methyl sites for hydroxylation is 2. The van der Waals surface area contributed by atoms with Gasteiger partial charge in [-0.2, -0.15) is 4.98 Å². The number of nitrogens with zero attached hydrogens (tertiary/aromatic N) is 2. The Morgan fingerprint density at radius 2 is 2.00 bits per heavy atom. The Hall–Kier alpha value is -2.21. The van der Waals surface area contributed by atoms with Gasteiger partial charge in [-0.1, -0.05) is 0 Å². The molecule has 0 spiro atoms. The Balaban J connectivity index is 2.27. The lowest BCUT2D eigenvalue weighted by molar-refractivity contribution is 0.459. The van der Waals surface area contributed by atoms with Crippen LogP contribution in [0.15, 0.2) is 24.3 Å². The van der Waals surface area contributed by atoms with E-state index in [2.05, 4.69) is 15.4 Å². The van der Waals surface area contributed by atoms with E-state index in [9.17, 15) is 4.39 Å². The van der Waals surface area contributed by atoms with Crippen molar-refractivity contribution in [3.8, 4) is 11.6 Å². The lowest BCUT2D eigenvalue weighted by Crippen LogP contribution is -2.11. The van der Waals surface area contributed by atoms with Gasteiger partial charge in [-0.3, -0.25) is 5.43 Å². The molecule has 18 heavy (non-hydrogen) atoms. The molecule has 0 saturated heterocycles. The Morgan fingerprint density at radius 3 is 2.67 bits per heavy atom. The van der Waals surface area contributed by atoms with E-state index in [0.29, 0.717) is 22.9 Å². The molecule has 94 valence electrons. The fourth-order valence-electron chi connectivity index (χ4n) is 1.46. The molecule has 2 rings (SSSR count). The summed E-state index contributed by atoms with van der Waals surface area (Å²) in [7, 11) is 0. The highest BCUT2D eigenvalue weighted by atomic mass is 19.1. The zero-order valence-electron chi connectivity index (χ0n) is 10.1. The van der Waals surface area contributed by atoms with Crippen LogP contribution >= 0.6 is 0 Å². The highest BCUT2D eigenvalue weighted by Crippen LogP contribution is 2.22. The molecule has 0 atom stereocenters. The van der Waals surface area contributed by atoms with Crippen molar-refractivity contribution in [3.05, 3.63) is 41.3 Å². The zero-order chi connectivity index (χ0) is 13.1. The molecule has 1 aromatic heterocycles. The number of nitrogens with two attached hydrogens (primary N) is 1. The molecule has 3 N–H and O–H groups in total. The number of anilines is 1. The van der Waals surface area contributed by atoms with Crippen molar-refractivity contribution in [2.24, 2.45) is 5.84 Å². The predicted octanol–water partition coefficient (Wildman–Crippen LogP) is 2.31. The van der Waals surface area contributed by atoms with Gasteiger partial charge in [-0.05, 0) is 37.6 Å². The first kappa shape index (κ1) is 12.3. The van der Waals surface area contributed by atoms with E-state index in [4.69, 9.17) is 10.6 Å². The highest BCUT2D eigenvalue weighted by molar-refractivity contribution is 5.35. The van der Waals surface area contributed by atoms with Gasteiger partial charge in [-0.25, -0.2) is 15.2 Å². The Bertz CT molecular complexity index is 574. The summed E-state index contributed by atoms with van der Waals surface area (Å²) in [5.41, 5.74) is 3.58. The smallest absolute Gasteiger partial charge is 0.240 e. The quantitative estimate of drug-likeness (QED) is 0.644. The molecule has 1 aromatic carbocycles. The van der Waals surface area contributed by atoms with Gasteiger partial charge < -0.3 is 4.74 Å². The average molecular weight is 248 g/mol. The third kappa shape index (κ3) is 2.72. The minimum absolute atomic E-state index is 0.267. The molecular weight excluding hydrogens is 235 g/mol. The van der Waals surface area contributed by atoms with E-state index in [1.165, 1.54) is 12.1 Å². The summed E-state index contributed by atoms with van der Waals surface area (Å²) in [6.07, 6.45) is 0. The van der Waals surface area contributed by atoms with E-state index in [0.717, 1.165) is 0 Å². The molecule has 1 heterocycles. The van der Waals surface area contributed by atoms with Crippen LogP contribution in [0.4, 0.5) is 10.3 Å². The largest absolute Gasteiger partial charge is 0.439 e. The van der Waals surface area contributed by atoms with Crippen LogP contribution in [-0.4, -0.2) is 9.97 Å². The Labute approximate surface area is 104 Å². The van der Waals surface area contributed by atoms with Gasteiger partial charge in [0, 0.05) is 11.8 Å². The first-order valence-electron chi connectivity index (χ1n) is 5.35. The maximum absolute atomic E-state index is 13.1. The minimum Gasteiger partial charge on any atom is -0.439 e. The van der Waals surface area contributed by atoms with Gasteiger partial charge in [0.05, 0.1) is 0 Å². The minimum atomic E-state index is -0.273. The number of rotatable bonds is 3. The molecule has 0 radical (unpaired) electrons. The Morgan fingerprint density at radius 1 is 1.22 bits per heavy atom. The van der Waals surface area contributed by atoms with Crippen molar-refractivity contribution in [1.29, 1.82) is 0 Å². The summed E-state index contributed by atoms with van der Waals surface area (Å²) in [5.74, 6) is 6.10. The second-order valence-corrected chi connectivity index (χ2v) is 3.83. The zero-order valence-corrected chi connectivity index (χ0v) is 10.1. The molecule has 0 bridgehead atoms. The maximum Gasteiger partial charge on any atom is 0.240 e. The van der Waals surface area contributed by atoms with Crippen LogP contribution in [0, 0.1) is 19.7 Å². The first-order valence-corrected chi connectivity index (χ1v) is 5.35. The van der Waals surface area contributed by atoms with E-state index in [1.807, 2.05) is 0 Å². The van der Waals surface area contributed by atoms with Crippen LogP contribution < -0.4 is 16.0 Å². The molecule has 0 saturated carbocycles. The van der Waals surface area contributed by atoms with E-state index in [-0.39, 0.29) is 11.8 Å². The summed E-state index contributed by atoms with van der Waals surface area (Å²) in [5, 5.41) is 0. The third-order valence-electron chi connectivity index (χ3n) is 2.31. The maximum atomic E-state index is 13.1. The molecule has 0 fully saturated rings. The third-order valence-corrected chi connectivity index (χ3v) is 2.31. The standard InChI is InChI=1S/C12H13FN4O/c1-7-5-9(3-4-10(7)13)18-11-6-8(2)15-12(16-11)17-14/h3-6H,14H2,1-2H3,(H,15,16,17). The second-order valence-electron chi connectivity index (χ2n) is 3.83. The summed E-state index contributed by atoms with van der Waals surface area (Å²) in [4.78, 5) is 8.07. The number of halogens is 1. The van der Waals surface area contributed by atoms with E-state index in [1.54, 1.807) is 26.0 Å². The fraction of sp³-hybridized carbons (Fsp3) is 0.167. The SMILES string of the molecule is Cc1cc(Oc2ccc(F)c(C)c2)nc(NN)n1. The average Bonchev–Trinajstić information content (AvgIpc) is 2.33. The number of hydrogen-bond donors (Lipinski definition) is 2. The molecule has 0 amide bonds. The van der Waals surface area contributed by atoms with Crippen LogP contribution in [0.25, 0.3) is 0 Å². The number of hydrazine groups is 1. The van der Waals surface area contributed by atoms with Crippen molar-refractivity contribution >= 4 is 5.95 Å². The van der Waals surface area contributed by atoms with Gasteiger partial charge >= 0.3 is 0 Å². The lowest BCUT2D eigenvalue weighted by Gasteiger charge is -2.08. The summed E-state index contributed by atoms with van der Waals surface area (Å²) < 4.78 is 18.6. The second kappa shape index (κ2) is 4.97. The molecule has 0 aliphatic rings. The van der Waals surface area contributed by atoms with Crippen LogP contribution in [0.1, 0.15) is 11.3 Å². The predicted molar refractivity (Wildman–Crippen MR) is 65.8 cm³/mol. The highest BCUT2D eigenvalue weighted by Gasteiger charge is 2.05. The van der Waals surface area contributed by atoms with Crippen LogP contribution in [-0.2, 0) is 0 Å². The molecule has 0 aliphatic heterocycles.